The van der Waals surface area contributed by atoms with E-state index >= 15 is 0 Å². The molecule has 0 aliphatic rings. The summed E-state index contributed by atoms with van der Waals surface area (Å²) in [7, 11) is 4.16. The van der Waals surface area contributed by atoms with Gasteiger partial charge in [0.05, 0.1) is 0 Å². The van der Waals surface area contributed by atoms with Crippen molar-refractivity contribution >= 4 is 0 Å². The van der Waals surface area contributed by atoms with Crippen molar-refractivity contribution in [2.45, 2.75) is 32.7 Å². The van der Waals surface area contributed by atoms with Crippen LogP contribution in [0.25, 0.3) is 0 Å². The highest BCUT2D eigenvalue weighted by atomic mass is 16.5. The number of nitrogens with zero attached hydrogens (tertiary/aromatic N) is 1. The first-order valence-electron chi connectivity index (χ1n) is 5.48. The van der Waals surface area contributed by atoms with Gasteiger partial charge in [0.1, 0.15) is 0 Å². The minimum absolute atomic E-state index is 0.228. The minimum Gasteiger partial charge on any atom is -0.382 e. The number of likely N-dealkylation sites (N-methyl/N-ethyl adjacent to an activating group) is 2. The maximum absolute atomic E-state index is 5.38. The summed E-state index contributed by atoms with van der Waals surface area (Å²) in [6, 6.07) is 0. The van der Waals surface area contributed by atoms with Gasteiger partial charge in [-0.05, 0) is 41.3 Å². The molecule has 3 heteroatoms. The average molecular weight is 202 g/mol. The summed E-state index contributed by atoms with van der Waals surface area (Å²) >= 11 is 0. The van der Waals surface area contributed by atoms with Gasteiger partial charge < -0.3 is 10.1 Å². The zero-order chi connectivity index (χ0) is 11.0. The lowest BCUT2D eigenvalue weighted by Crippen LogP contribution is -2.44. The molecule has 3 nitrogen and oxygen atoms in total. The third kappa shape index (κ3) is 5.58. The second-order valence-electron chi connectivity index (χ2n) is 4.28. The van der Waals surface area contributed by atoms with Gasteiger partial charge in [-0.3, -0.25) is 4.90 Å². The van der Waals surface area contributed by atoms with E-state index in [-0.39, 0.29) is 5.54 Å². The van der Waals surface area contributed by atoms with E-state index in [1.165, 1.54) is 0 Å². The fourth-order valence-corrected chi connectivity index (χ4v) is 1.24. The Kier molecular flexibility index (Phi) is 7.15. The molecular formula is C11H26N2O. The Hall–Kier alpha value is -0.120. The minimum atomic E-state index is 0.228. The number of ether oxygens (including phenoxy) is 1. The molecule has 0 saturated carbocycles. The highest BCUT2D eigenvalue weighted by Gasteiger charge is 2.22. The van der Waals surface area contributed by atoms with Crippen LogP contribution >= 0.6 is 0 Å². The maximum atomic E-state index is 5.38. The highest BCUT2D eigenvalue weighted by molar-refractivity contribution is 4.79. The zero-order valence-corrected chi connectivity index (χ0v) is 10.4. The highest BCUT2D eigenvalue weighted by Crippen LogP contribution is 2.16. The Morgan fingerprint density at radius 2 is 2.00 bits per heavy atom. The van der Waals surface area contributed by atoms with E-state index in [0.717, 1.165) is 32.7 Å². The quantitative estimate of drug-likeness (QED) is 0.601. The van der Waals surface area contributed by atoms with Crippen LogP contribution in [-0.2, 0) is 4.74 Å². The van der Waals surface area contributed by atoms with Gasteiger partial charge in [-0.25, -0.2) is 0 Å². The van der Waals surface area contributed by atoms with Crippen molar-refractivity contribution < 1.29 is 4.74 Å². The number of hydrogen-bond acceptors (Lipinski definition) is 3. The summed E-state index contributed by atoms with van der Waals surface area (Å²) in [5.74, 6) is 0. The van der Waals surface area contributed by atoms with Crippen LogP contribution in [0.5, 0.6) is 0 Å². The van der Waals surface area contributed by atoms with Crippen LogP contribution in [0.15, 0.2) is 0 Å². The molecule has 0 spiro atoms. The van der Waals surface area contributed by atoms with Gasteiger partial charge >= 0.3 is 0 Å². The van der Waals surface area contributed by atoms with Crippen LogP contribution in [0, 0.1) is 0 Å². The van der Waals surface area contributed by atoms with Crippen LogP contribution in [0.3, 0.4) is 0 Å². The maximum Gasteiger partial charge on any atom is 0.0483 e. The summed E-state index contributed by atoms with van der Waals surface area (Å²) in [4.78, 5) is 2.38. The Balaban J connectivity index is 3.77. The number of nitrogens with one attached hydrogen (secondary N) is 1. The summed E-state index contributed by atoms with van der Waals surface area (Å²) in [6.45, 7) is 10.4. The van der Waals surface area contributed by atoms with Crippen molar-refractivity contribution in [3.8, 4) is 0 Å². The third-order valence-electron chi connectivity index (χ3n) is 2.79. The molecule has 1 N–H and O–H groups in total. The summed E-state index contributed by atoms with van der Waals surface area (Å²) in [6.07, 6.45) is 1.08. The van der Waals surface area contributed by atoms with E-state index < -0.39 is 0 Å². The lowest BCUT2D eigenvalue weighted by molar-refractivity contribution is 0.0789. The topological polar surface area (TPSA) is 24.5 Å². The van der Waals surface area contributed by atoms with E-state index in [4.69, 9.17) is 4.74 Å². The van der Waals surface area contributed by atoms with Gasteiger partial charge in [-0.1, -0.05) is 0 Å². The van der Waals surface area contributed by atoms with Crippen molar-refractivity contribution in [3.05, 3.63) is 0 Å². The fourth-order valence-electron chi connectivity index (χ4n) is 1.24. The van der Waals surface area contributed by atoms with Crippen LogP contribution in [-0.4, -0.2) is 50.8 Å². The molecule has 0 radical (unpaired) electrons. The van der Waals surface area contributed by atoms with E-state index in [9.17, 15) is 0 Å². The first-order valence-corrected chi connectivity index (χ1v) is 5.48. The lowest BCUT2D eigenvalue weighted by atomic mass is 9.99. The lowest BCUT2D eigenvalue weighted by Gasteiger charge is -2.35. The molecule has 0 atom stereocenters. The molecule has 0 rings (SSSR count). The van der Waals surface area contributed by atoms with Crippen LogP contribution in [0.2, 0.25) is 0 Å². The Morgan fingerprint density at radius 3 is 2.50 bits per heavy atom. The van der Waals surface area contributed by atoms with Gasteiger partial charge in [0.15, 0.2) is 0 Å². The first kappa shape index (κ1) is 13.9. The molecule has 0 aliphatic carbocycles. The monoisotopic (exact) mass is 202 g/mol. The normalized spacial score (nSPS) is 12.4. The summed E-state index contributed by atoms with van der Waals surface area (Å²) in [5.41, 5.74) is 0.228. The molecule has 0 aromatic carbocycles. The molecule has 0 fully saturated rings. The van der Waals surface area contributed by atoms with Gasteiger partial charge in [-0.2, -0.15) is 0 Å². The Bertz CT molecular complexity index is 137. The average Bonchev–Trinajstić information content (AvgIpc) is 2.14. The molecule has 0 saturated heterocycles. The van der Waals surface area contributed by atoms with Crippen molar-refractivity contribution in [2.24, 2.45) is 0 Å². The van der Waals surface area contributed by atoms with Gasteiger partial charge in [0.2, 0.25) is 0 Å². The van der Waals surface area contributed by atoms with Crippen LogP contribution < -0.4 is 5.32 Å². The fraction of sp³-hybridized carbons (Fsp3) is 1.00. The predicted molar refractivity (Wildman–Crippen MR) is 61.7 cm³/mol. The molecule has 0 bridgehead atoms. The molecular weight excluding hydrogens is 176 g/mol. The smallest absolute Gasteiger partial charge is 0.0483 e. The van der Waals surface area contributed by atoms with Crippen molar-refractivity contribution in [1.82, 2.24) is 10.2 Å². The van der Waals surface area contributed by atoms with Crippen LogP contribution in [0.1, 0.15) is 27.2 Å². The molecule has 0 amide bonds. The molecule has 0 aromatic rings. The molecule has 0 unspecified atom stereocenters. The molecule has 86 valence electrons. The van der Waals surface area contributed by atoms with E-state index in [0.29, 0.717) is 0 Å². The van der Waals surface area contributed by atoms with E-state index in [2.05, 4.69) is 31.1 Å². The van der Waals surface area contributed by atoms with Crippen molar-refractivity contribution in [3.63, 3.8) is 0 Å². The predicted octanol–water partition coefficient (Wildman–Crippen LogP) is 1.34. The molecule has 0 aromatic heterocycles. The standard InChI is InChI=1S/C11H26N2O/c1-6-14-10-7-11(2,3)13(5)9-8-12-4/h12H,6-10H2,1-5H3. The molecule has 0 heterocycles. The van der Waals surface area contributed by atoms with Gasteiger partial charge in [-0.15, -0.1) is 0 Å². The molecule has 0 aliphatic heterocycles. The van der Waals surface area contributed by atoms with Crippen molar-refractivity contribution in [2.75, 3.05) is 40.4 Å². The Labute approximate surface area is 88.8 Å². The van der Waals surface area contributed by atoms with E-state index in [1.54, 1.807) is 0 Å². The molecule has 14 heavy (non-hydrogen) atoms. The van der Waals surface area contributed by atoms with Gasteiger partial charge in [0, 0.05) is 31.8 Å². The van der Waals surface area contributed by atoms with Gasteiger partial charge in [0.25, 0.3) is 0 Å². The zero-order valence-electron chi connectivity index (χ0n) is 10.4. The SMILES string of the molecule is CCOCCC(C)(C)N(C)CCNC. The van der Waals surface area contributed by atoms with Crippen LogP contribution in [0.4, 0.5) is 0 Å². The van der Waals surface area contributed by atoms with Crippen molar-refractivity contribution in [1.29, 1.82) is 0 Å². The Morgan fingerprint density at radius 1 is 1.36 bits per heavy atom. The summed E-state index contributed by atoms with van der Waals surface area (Å²) < 4.78 is 5.38. The van der Waals surface area contributed by atoms with E-state index in [1.807, 2.05) is 14.0 Å². The second-order valence-corrected chi connectivity index (χ2v) is 4.28. The first-order chi connectivity index (χ1) is 6.54. The summed E-state index contributed by atoms with van der Waals surface area (Å²) in [5, 5.41) is 3.17. The largest absolute Gasteiger partial charge is 0.382 e. The third-order valence-corrected chi connectivity index (χ3v) is 2.79. The second kappa shape index (κ2) is 7.21. The number of hydrogen-bond donors (Lipinski definition) is 1. The number of rotatable bonds is 8.